The summed E-state index contributed by atoms with van der Waals surface area (Å²) in [6.45, 7) is 6.99. The van der Waals surface area contributed by atoms with Gasteiger partial charge in [0.15, 0.2) is 5.78 Å². The third kappa shape index (κ3) is 2.14. The summed E-state index contributed by atoms with van der Waals surface area (Å²) < 4.78 is 0. The number of allylic oxidation sites excluding steroid dienone is 3. The quantitative estimate of drug-likeness (QED) is 0.700. The molecule has 6 atom stereocenters. The van der Waals surface area contributed by atoms with Gasteiger partial charge >= 0.3 is 0 Å². The second kappa shape index (κ2) is 5.56. The highest BCUT2D eigenvalue weighted by atomic mass is 16.3. The van der Waals surface area contributed by atoms with Gasteiger partial charge in [0.05, 0.1) is 6.10 Å². The van der Waals surface area contributed by atoms with E-state index in [-0.39, 0.29) is 16.9 Å². The lowest BCUT2D eigenvalue weighted by molar-refractivity contribution is -0.124. The van der Waals surface area contributed by atoms with E-state index < -0.39 is 0 Å². The van der Waals surface area contributed by atoms with Crippen LogP contribution in [0.5, 0.6) is 0 Å². The Morgan fingerprint density at radius 1 is 1.21 bits per heavy atom. The van der Waals surface area contributed by atoms with Gasteiger partial charge in [-0.25, -0.2) is 0 Å². The summed E-state index contributed by atoms with van der Waals surface area (Å²) in [5.41, 5.74) is 3.20. The van der Waals surface area contributed by atoms with Gasteiger partial charge in [0.25, 0.3) is 0 Å². The minimum Gasteiger partial charge on any atom is -0.393 e. The molecule has 0 unspecified atom stereocenters. The highest BCUT2D eigenvalue weighted by Crippen LogP contribution is 2.66. The van der Waals surface area contributed by atoms with Gasteiger partial charge in [-0.1, -0.05) is 38.0 Å². The SMILES string of the molecule is CC/C=C1/CC[C@H]2[C@@H]3CCC4=CC(=O)CC[C@]4(C)[C@H]3[C@@H](O)C[C@]12C. The van der Waals surface area contributed by atoms with Crippen molar-refractivity contribution in [3.63, 3.8) is 0 Å². The highest BCUT2D eigenvalue weighted by Gasteiger charge is 2.60. The van der Waals surface area contributed by atoms with Gasteiger partial charge in [-0.15, -0.1) is 0 Å². The van der Waals surface area contributed by atoms with Crippen molar-refractivity contribution in [3.8, 4) is 0 Å². The first kappa shape index (κ1) is 16.6. The normalized spacial score (nSPS) is 49.4. The molecule has 2 nitrogen and oxygen atoms in total. The van der Waals surface area contributed by atoms with Crippen molar-refractivity contribution in [2.45, 2.75) is 78.2 Å². The minimum absolute atomic E-state index is 0.0504. The second-order valence-electron chi connectivity index (χ2n) is 9.25. The summed E-state index contributed by atoms with van der Waals surface area (Å²) in [4.78, 5) is 11.9. The van der Waals surface area contributed by atoms with Crippen molar-refractivity contribution in [3.05, 3.63) is 23.3 Å². The molecule has 0 radical (unpaired) electrons. The first-order valence-corrected chi connectivity index (χ1v) is 10.0. The molecule has 0 aliphatic heterocycles. The zero-order valence-corrected chi connectivity index (χ0v) is 15.5. The molecule has 0 amide bonds. The van der Waals surface area contributed by atoms with E-state index in [4.69, 9.17) is 0 Å². The number of aliphatic hydroxyl groups excluding tert-OH is 1. The fourth-order valence-corrected chi connectivity index (χ4v) is 7.11. The zero-order valence-electron chi connectivity index (χ0n) is 15.5. The van der Waals surface area contributed by atoms with E-state index in [1.807, 2.05) is 6.08 Å². The van der Waals surface area contributed by atoms with Crippen LogP contribution in [-0.2, 0) is 4.79 Å². The molecule has 4 rings (SSSR count). The summed E-state index contributed by atoms with van der Waals surface area (Å²) >= 11 is 0. The van der Waals surface area contributed by atoms with Crippen molar-refractivity contribution in [1.29, 1.82) is 0 Å². The fourth-order valence-electron chi connectivity index (χ4n) is 7.11. The van der Waals surface area contributed by atoms with Crippen LogP contribution in [0.1, 0.15) is 72.1 Å². The molecule has 3 fully saturated rings. The third-order valence-electron chi connectivity index (χ3n) is 8.20. The molecular weight excluding hydrogens is 296 g/mol. The Kier molecular flexibility index (Phi) is 3.84. The van der Waals surface area contributed by atoms with E-state index in [2.05, 4.69) is 26.8 Å². The molecule has 0 saturated heterocycles. The summed E-state index contributed by atoms with van der Waals surface area (Å²) in [7, 11) is 0. The van der Waals surface area contributed by atoms with Crippen LogP contribution in [0, 0.1) is 28.6 Å². The number of carbonyl (C=O) groups is 1. The molecule has 0 bridgehead atoms. The molecule has 0 aromatic carbocycles. The first-order chi connectivity index (χ1) is 11.4. The average Bonchev–Trinajstić information content (AvgIpc) is 2.84. The lowest BCUT2D eigenvalue weighted by Gasteiger charge is -2.59. The Hall–Kier alpha value is -0.890. The third-order valence-corrected chi connectivity index (χ3v) is 8.20. The molecule has 24 heavy (non-hydrogen) atoms. The summed E-state index contributed by atoms with van der Waals surface area (Å²) in [6, 6.07) is 0. The molecule has 0 spiro atoms. The van der Waals surface area contributed by atoms with Crippen molar-refractivity contribution >= 4 is 5.78 Å². The monoisotopic (exact) mass is 328 g/mol. The first-order valence-electron chi connectivity index (χ1n) is 10.0. The van der Waals surface area contributed by atoms with Crippen molar-refractivity contribution in [2.75, 3.05) is 0 Å². The Morgan fingerprint density at radius 2 is 2.00 bits per heavy atom. The number of ketones is 1. The molecule has 4 aliphatic carbocycles. The minimum atomic E-state index is -0.225. The summed E-state index contributed by atoms with van der Waals surface area (Å²) in [5.74, 6) is 1.99. The number of aliphatic hydroxyl groups is 1. The predicted molar refractivity (Wildman–Crippen MR) is 96.5 cm³/mol. The van der Waals surface area contributed by atoms with E-state index in [9.17, 15) is 9.90 Å². The lowest BCUT2D eigenvalue weighted by atomic mass is 9.46. The fraction of sp³-hybridized carbons (Fsp3) is 0.773. The Bertz CT molecular complexity index is 615. The van der Waals surface area contributed by atoms with Crippen LogP contribution in [0.3, 0.4) is 0 Å². The molecular formula is C22H32O2. The molecule has 0 aromatic heterocycles. The zero-order chi connectivity index (χ0) is 17.1. The van der Waals surface area contributed by atoms with Crippen molar-refractivity contribution in [1.82, 2.24) is 0 Å². The van der Waals surface area contributed by atoms with Crippen LogP contribution in [0.25, 0.3) is 0 Å². The van der Waals surface area contributed by atoms with E-state index in [1.54, 1.807) is 5.57 Å². The van der Waals surface area contributed by atoms with Gasteiger partial charge in [0, 0.05) is 6.42 Å². The number of fused-ring (bicyclic) bond motifs is 5. The maximum Gasteiger partial charge on any atom is 0.155 e. The Labute approximate surface area is 146 Å². The van der Waals surface area contributed by atoms with Crippen molar-refractivity contribution < 1.29 is 9.90 Å². The molecule has 3 saturated carbocycles. The van der Waals surface area contributed by atoms with Crippen LogP contribution < -0.4 is 0 Å². The van der Waals surface area contributed by atoms with Crippen LogP contribution in [0.2, 0.25) is 0 Å². The predicted octanol–water partition coefficient (Wildman–Crippen LogP) is 4.83. The van der Waals surface area contributed by atoms with Crippen molar-refractivity contribution in [2.24, 2.45) is 28.6 Å². The maximum atomic E-state index is 11.9. The van der Waals surface area contributed by atoms with E-state index in [0.29, 0.717) is 24.0 Å². The maximum absolute atomic E-state index is 11.9. The van der Waals surface area contributed by atoms with E-state index >= 15 is 0 Å². The van der Waals surface area contributed by atoms with Gasteiger partial charge in [-0.3, -0.25) is 4.79 Å². The van der Waals surface area contributed by atoms with Gasteiger partial charge in [0.1, 0.15) is 0 Å². The van der Waals surface area contributed by atoms with Gasteiger partial charge in [-0.05, 0) is 79.6 Å². The Balaban J connectivity index is 1.72. The molecule has 0 aromatic rings. The van der Waals surface area contributed by atoms with Crippen LogP contribution in [0.4, 0.5) is 0 Å². The van der Waals surface area contributed by atoms with Gasteiger partial charge in [-0.2, -0.15) is 0 Å². The van der Waals surface area contributed by atoms with Gasteiger partial charge in [0.2, 0.25) is 0 Å². The topological polar surface area (TPSA) is 37.3 Å². The van der Waals surface area contributed by atoms with Crippen LogP contribution >= 0.6 is 0 Å². The molecule has 2 heteroatoms. The van der Waals surface area contributed by atoms with Crippen LogP contribution in [0.15, 0.2) is 23.3 Å². The number of rotatable bonds is 1. The second-order valence-corrected chi connectivity index (χ2v) is 9.25. The summed E-state index contributed by atoms with van der Waals surface area (Å²) in [5, 5.41) is 11.2. The molecule has 1 N–H and O–H groups in total. The number of hydrogen-bond acceptors (Lipinski definition) is 2. The molecule has 4 aliphatic rings. The molecule has 0 heterocycles. The lowest BCUT2D eigenvalue weighted by Crippen LogP contribution is -2.55. The smallest absolute Gasteiger partial charge is 0.155 e. The largest absolute Gasteiger partial charge is 0.393 e. The molecule has 132 valence electrons. The van der Waals surface area contributed by atoms with E-state index in [1.165, 1.54) is 18.4 Å². The highest BCUT2D eigenvalue weighted by molar-refractivity contribution is 5.91. The Morgan fingerprint density at radius 3 is 2.75 bits per heavy atom. The number of carbonyl (C=O) groups excluding carboxylic acids is 1. The number of hydrogen-bond donors (Lipinski definition) is 1. The van der Waals surface area contributed by atoms with E-state index in [0.717, 1.165) is 38.0 Å². The summed E-state index contributed by atoms with van der Waals surface area (Å²) in [6.07, 6.45) is 12.5. The average molecular weight is 328 g/mol. The van der Waals surface area contributed by atoms with Gasteiger partial charge < -0.3 is 5.11 Å². The standard InChI is InChI=1S/C22H32O2/c1-4-5-14-7-9-18-17-8-6-15-12-16(23)10-11-21(15,2)20(17)19(24)13-22(14,18)3/h5,12,17-20,24H,4,6-11,13H2,1-3H3/b14-5-/t17-,18-,19-,20+,21-,22+/m0/s1. The van der Waals surface area contributed by atoms with Crippen LogP contribution in [-0.4, -0.2) is 17.0 Å².